The first-order valence-corrected chi connectivity index (χ1v) is 26.3. The lowest BCUT2D eigenvalue weighted by Gasteiger charge is -2.48. The summed E-state index contributed by atoms with van der Waals surface area (Å²) < 4.78 is 0. The van der Waals surface area contributed by atoms with Crippen LogP contribution < -0.4 is 31.1 Å². The van der Waals surface area contributed by atoms with E-state index in [0.717, 1.165) is 17.8 Å². The van der Waals surface area contributed by atoms with Gasteiger partial charge in [0.25, 0.3) is 6.71 Å². The highest BCUT2D eigenvalue weighted by atomic mass is 15.3. The van der Waals surface area contributed by atoms with E-state index in [0.29, 0.717) is 0 Å². The summed E-state index contributed by atoms with van der Waals surface area (Å²) in [6, 6.07) is 91.1. The SMILES string of the molecule is CC12CCCCCC1(C)N(c1cc3c4c(c1)N(c1cccc(-c5ccccc5)c1)c1cc(-c5ccccc5)ccc1B4c1ccc(-c4ccccc4)cc1N3c1cccc(-c3ccccc3)c1)c1ccccc12. The largest absolute Gasteiger partial charge is 0.334 e. The highest BCUT2D eigenvalue weighted by Gasteiger charge is 2.57. The third-order valence-corrected chi connectivity index (χ3v) is 17.2. The molecule has 1 saturated carbocycles. The van der Waals surface area contributed by atoms with Gasteiger partial charge in [-0.25, -0.2) is 0 Å². The molecule has 2 atom stereocenters. The first-order chi connectivity index (χ1) is 35.9. The third-order valence-electron chi connectivity index (χ3n) is 17.2. The average Bonchev–Trinajstić information content (AvgIpc) is 3.52. The van der Waals surface area contributed by atoms with E-state index >= 15 is 0 Å². The standard InChI is InChI=1S/C69H56BN3/c1-68-40-18-7-19-41-69(68,2)73(62-35-17-16-34-59(62)68)58-46-65-67-66(47-58)72(57-33-21-31-53(43-57)49-24-10-4-11-25-49)64-45-55(51-28-14-6-15-29-51)37-39-61(64)70(67)60-38-36-54(50-26-12-5-13-27-50)44-63(60)71(65)56-32-20-30-52(42-56)48-22-8-3-9-23-48/h3-6,8-17,20-39,42-47H,7,18-19,40-41H2,1-2H3. The van der Waals surface area contributed by atoms with Crippen LogP contribution >= 0.6 is 0 Å². The van der Waals surface area contributed by atoms with Crippen molar-refractivity contribution < 1.29 is 0 Å². The lowest BCUT2D eigenvalue weighted by atomic mass is 9.33. The Bertz CT molecular complexity index is 3530. The van der Waals surface area contributed by atoms with Crippen LogP contribution in [0.15, 0.2) is 243 Å². The van der Waals surface area contributed by atoms with E-state index in [2.05, 4.69) is 271 Å². The molecule has 0 spiro atoms. The lowest BCUT2D eigenvalue weighted by molar-refractivity contribution is 0.261. The maximum absolute atomic E-state index is 2.79. The van der Waals surface area contributed by atoms with Crippen molar-refractivity contribution in [2.45, 2.75) is 56.9 Å². The van der Waals surface area contributed by atoms with Crippen LogP contribution in [0.1, 0.15) is 51.5 Å². The Morgan fingerprint density at radius 1 is 0.329 bits per heavy atom. The first kappa shape index (κ1) is 43.5. The maximum Gasteiger partial charge on any atom is 0.252 e. The van der Waals surface area contributed by atoms with Gasteiger partial charge in [0.2, 0.25) is 0 Å². The van der Waals surface area contributed by atoms with Gasteiger partial charge in [0.1, 0.15) is 0 Å². The number of fused-ring (bicyclic) bond motifs is 7. The second-order valence-electron chi connectivity index (χ2n) is 21.1. The zero-order chi connectivity index (χ0) is 48.7. The van der Waals surface area contributed by atoms with Crippen molar-refractivity contribution in [3.63, 3.8) is 0 Å². The first-order valence-electron chi connectivity index (χ1n) is 26.3. The highest BCUT2D eigenvalue weighted by molar-refractivity contribution is 7.00. The number of hydrogen-bond donors (Lipinski definition) is 0. The molecule has 0 saturated heterocycles. The van der Waals surface area contributed by atoms with Crippen LogP contribution in [0.25, 0.3) is 44.5 Å². The summed E-state index contributed by atoms with van der Waals surface area (Å²) in [7, 11) is 0. The minimum Gasteiger partial charge on any atom is -0.334 e. The number of hydrogen-bond acceptors (Lipinski definition) is 3. The van der Waals surface area contributed by atoms with E-state index in [1.807, 2.05) is 0 Å². The quantitative estimate of drug-likeness (QED) is 0.147. The normalized spacial score (nSPS) is 18.3. The molecule has 0 N–H and O–H groups in total. The van der Waals surface area contributed by atoms with Gasteiger partial charge in [-0.2, -0.15) is 0 Å². The van der Waals surface area contributed by atoms with E-state index in [-0.39, 0.29) is 17.7 Å². The van der Waals surface area contributed by atoms with E-state index in [4.69, 9.17) is 0 Å². The molecular weight excluding hydrogens is 882 g/mol. The minimum absolute atomic E-state index is 0.0302. The van der Waals surface area contributed by atoms with E-state index in [9.17, 15) is 0 Å². The van der Waals surface area contributed by atoms with Crippen molar-refractivity contribution in [3.05, 3.63) is 248 Å². The number of anilines is 8. The fourth-order valence-corrected chi connectivity index (χ4v) is 13.5. The van der Waals surface area contributed by atoms with Gasteiger partial charge in [0.05, 0.1) is 5.54 Å². The molecule has 10 aromatic carbocycles. The molecule has 4 aliphatic rings. The van der Waals surface area contributed by atoms with Gasteiger partial charge in [0, 0.05) is 50.9 Å². The van der Waals surface area contributed by atoms with Gasteiger partial charge >= 0.3 is 0 Å². The zero-order valence-electron chi connectivity index (χ0n) is 41.5. The fourth-order valence-electron chi connectivity index (χ4n) is 13.5. The minimum atomic E-state index is -0.163. The molecular formula is C69H56BN3. The zero-order valence-corrected chi connectivity index (χ0v) is 41.5. The Hall–Kier alpha value is -8.34. The molecule has 3 nitrogen and oxygen atoms in total. The Morgan fingerprint density at radius 2 is 0.753 bits per heavy atom. The molecule has 1 fully saturated rings. The molecule has 73 heavy (non-hydrogen) atoms. The summed E-state index contributed by atoms with van der Waals surface area (Å²) in [5.41, 5.74) is 24.5. The molecule has 1 aliphatic carbocycles. The van der Waals surface area contributed by atoms with Crippen LogP contribution in [-0.4, -0.2) is 12.3 Å². The van der Waals surface area contributed by atoms with Crippen molar-refractivity contribution >= 4 is 68.6 Å². The van der Waals surface area contributed by atoms with Crippen LogP contribution in [0, 0.1) is 0 Å². The molecule has 0 radical (unpaired) electrons. The van der Waals surface area contributed by atoms with E-state index in [1.54, 1.807) is 0 Å². The maximum atomic E-state index is 2.79. The molecule has 3 aliphatic heterocycles. The smallest absolute Gasteiger partial charge is 0.252 e. The Balaban J connectivity index is 1.11. The number of nitrogens with zero attached hydrogens (tertiary/aromatic N) is 3. The molecule has 3 heterocycles. The van der Waals surface area contributed by atoms with Crippen molar-refractivity contribution in [1.82, 2.24) is 0 Å². The molecule has 10 aromatic rings. The molecule has 0 aromatic heterocycles. The third kappa shape index (κ3) is 6.87. The number of para-hydroxylation sites is 1. The number of benzene rings is 10. The molecule has 2 unspecified atom stereocenters. The topological polar surface area (TPSA) is 9.72 Å². The summed E-state index contributed by atoms with van der Waals surface area (Å²) in [6.45, 7) is 5.10. The van der Waals surface area contributed by atoms with Gasteiger partial charge in [-0.15, -0.1) is 0 Å². The van der Waals surface area contributed by atoms with Crippen LogP contribution in [-0.2, 0) is 5.41 Å². The molecule has 4 heteroatoms. The molecule has 350 valence electrons. The summed E-state index contributed by atoms with van der Waals surface area (Å²) in [4.78, 5) is 8.03. The van der Waals surface area contributed by atoms with Gasteiger partial charge in [-0.3, -0.25) is 0 Å². The lowest BCUT2D eigenvalue weighted by Crippen LogP contribution is -2.61. The van der Waals surface area contributed by atoms with Crippen molar-refractivity contribution in [3.8, 4) is 44.5 Å². The van der Waals surface area contributed by atoms with Crippen LogP contribution in [0.3, 0.4) is 0 Å². The predicted molar refractivity (Wildman–Crippen MR) is 310 cm³/mol. The van der Waals surface area contributed by atoms with Crippen LogP contribution in [0.5, 0.6) is 0 Å². The van der Waals surface area contributed by atoms with Gasteiger partial charge in [-0.1, -0.05) is 214 Å². The second kappa shape index (κ2) is 17.2. The second-order valence-corrected chi connectivity index (χ2v) is 21.1. The van der Waals surface area contributed by atoms with Gasteiger partial charge in [0.15, 0.2) is 0 Å². The number of rotatable bonds is 7. The average molecular weight is 938 g/mol. The summed E-state index contributed by atoms with van der Waals surface area (Å²) in [6.07, 6.45) is 5.99. The highest BCUT2D eigenvalue weighted by Crippen LogP contribution is 2.61. The Morgan fingerprint density at radius 3 is 1.25 bits per heavy atom. The van der Waals surface area contributed by atoms with E-state index < -0.39 is 0 Å². The Kier molecular flexibility index (Phi) is 10.2. The van der Waals surface area contributed by atoms with Crippen LogP contribution in [0.2, 0.25) is 0 Å². The van der Waals surface area contributed by atoms with Crippen LogP contribution in [0.4, 0.5) is 45.5 Å². The molecule has 14 rings (SSSR count). The Labute approximate surface area is 430 Å². The summed E-state index contributed by atoms with van der Waals surface area (Å²) in [5, 5.41) is 0. The molecule has 0 amide bonds. The van der Waals surface area contributed by atoms with Crippen molar-refractivity contribution in [2.24, 2.45) is 0 Å². The van der Waals surface area contributed by atoms with Gasteiger partial charge < -0.3 is 14.7 Å². The molecule has 0 bridgehead atoms. The predicted octanol–water partition coefficient (Wildman–Crippen LogP) is 16.6. The summed E-state index contributed by atoms with van der Waals surface area (Å²) >= 11 is 0. The monoisotopic (exact) mass is 937 g/mol. The summed E-state index contributed by atoms with van der Waals surface area (Å²) in [5.74, 6) is 0. The van der Waals surface area contributed by atoms with Crippen molar-refractivity contribution in [1.29, 1.82) is 0 Å². The fraction of sp³-hybridized carbons (Fsp3) is 0.130. The van der Waals surface area contributed by atoms with E-state index in [1.165, 1.54) is 126 Å². The van der Waals surface area contributed by atoms with Gasteiger partial charge in [-0.05, 0) is 141 Å². The van der Waals surface area contributed by atoms with Crippen molar-refractivity contribution in [2.75, 3.05) is 14.7 Å².